The van der Waals surface area contributed by atoms with Crippen molar-refractivity contribution in [1.82, 2.24) is 4.90 Å². The summed E-state index contributed by atoms with van der Waals surface area (Å²) in [5.74, 6) is -1.88. The summed E-state index contributed by atoms with van der Waals surface area (Å²) in [5.41, 5.74) is 4.80. The molecule has 7 heteroatoms. The molecule has 3 aromatic rings. The number of carbonyl (C=O) groups excluding carboxylic acids is 1. The lowest BCUT2D eigenvalue weighted by Crippen LogP contribution is -2.35. The predicted molar refractivity (Wildman–Crippen MR) is 130 cm³/mol. The van der Waals surface area contributed by atoms with E-state index in [0.29, 0.717) is 11.4 Å². The van der Waals surface area contributed by atoms with Crippen LogP contribution in [0.4, 0.5) is 11.4 Å². The Kier molecular flexibility index (Phi) is 6.20. The average Bonchev–Trinajstić information content (AvgIpc) is 3.19. The molecule has 2 aliphatic heterocycles. The Bertz CT molecular complexity index is 1230. The van der Waals surface area contributed by atoms with Crippen molar-refractivity contribution in [2.24, 2.45) is 4.99 Å². The number of aliphatic imine (C=N–C) groups is 1. The Hall–Kier alpha value is -3.81. The van der Waals surface area contributed by atoms with Gasteiger partial charge >= 0.3 is 5.97 Å². The number of benzene rings is 3. The van der Waals surface area contributed by atoms with E-state index in [4.69, 9.17) is 9.73 Å². The van der Waals surface area contributed by atoms with Gasteiger partial charge in [0.05, 0.1) is 30.2 Å². The quantitative estimate of drug-likeness (QED) is 0.547. The van der Waals surface area contributed by atoms with Crippen molar-refractivity contribution in [1.29, 1.82) is 0 Å². The van der Waals surface area contributed by atoms with Gasteiger partial charge in [-0.3, -0.25) is 14.7 Å². The van der Waals surface area contributed by atoms with Crippen LogP contribution in [0.25, 0.3) is 0 Å². The molecule has 0 radical (unpaired) electrons. The van der Waals surface area contributed by atoms with Crippen molar-refractivity contribution in [2.45, 2.75) is 12.5 Å². The van der Waals surface area contributed by atoms with Crippen LogP contribution in [0.1, 0.15) is 33.0 Å². The van der Waals surface area contributed by atoms with E-state index in [1.165, 1.54) is 17.7 Å². The number of nitrogens with zero attached hydrogens (tertiary/aromatic N) is 2. The van der Waals surface area contributed by atoms with E-state index in [9.17, 15) is 14.7 Å². The normalized spacial score (nSPS) is 18.4. The van der Waals surface area contributed by atoms with Gasteiger partial charge in [0.15, 0.2) is 0 Å². The second-order valence-electron chi connectivity index (χ2n) is 8.45. The summed E-state index contributed by atoms with van der Waals surface area (Å²) < 4.78 is 5.42. The summed E-state index contributed by atoms with van der Waals surface area (Å²) in [6.45, 7) is 4.25. The third-order valence-electron chi connectivity index (χ3n) is 6.17. The van der Waals surface area contributed by atoms with Gasteiger partial charge < -0.3 is 15.2 Å². The van der Waals surface area contributed by atoms with Crippen molar-refractivity contribution in [3.63, 3.8) is 0 Å². The van der Waals surface area contributed by atoms with Gasteiger partial charge in [-0.25, -0.2) is 4.79 Å². The van der Waals surface area contributed by atoms with Crippen molar-refractivity contribution in [3.8, 4) is 0 Å². The van der Waals surface area contributed by atoms with Crippen LogP contribution in [0, 0.1) is 0 Å². The van der Waals surface area contributed by atoms with Gasteiger partial charge in [0.25, 0.3) is 0 Å². The molecule has 172 valence electrons. The lowest BCUT2D eigenvalue weighted by molar-refractivity contribution is -0.115. The number of amides is 1. The molecular weight excluding hydrogens is 430 g/mol. The zero-order valence-corrected chi connectivity index (χ0v) is 18.6. The highest BCUT2D eigenvalue weighted by Crippen LogP contribution is 2.37. The van der Waals surface area contributed by atoms with Crippen LogP contribution in [0.5, 0.6) is 0 Å². The van der Waals surface area contributed by atoms with E-state index in [-0.39, 0.29) is 11.5 Å². The highest BCUT2D eigenvalue weighted by atomic mass is 16.5. The smallest absolute Gasteiger partial charge is 0.335 e. The third kappa shape index (κ3) is 4.62. The Balaban J connectivity index is 1.48. The van der Waals surface area contributed by atoms with Crippen LogP contribution in [0.2, 0.25) is 0 Å². The molecule has 5 rings (SSSR count). The highest BCUT2D eigenvalue weighted by Gasteiger charge is 2.35. The molecule has 1 fully saturated rings. The summed E-state index contributed by atoms with van der Waals surface area (Å²) in [5, 5.41) is 12.1. The lowest BCUT2D eigenvalue weighted by Gasteiger charge is -2.26. The van der Waals surface area contributed by atoms with E-state index >= 15 is 0 Å². The maximum atomic E-state index is 13.0. The molecule has 2 heterocycles. The van der Waals surface area contributed by atoms with Crippen molar-refractivity contribution < 1.29 is 19.4 Å². The first-order valence-electron chi connectivity index (χ1n) is 11.3. The maximum Gasteiger partial charge on any atom is 0.335 e. The number of nitrogens with one attached hydrogen (secondary N) is 1. The summed E-state index contributed by atoms with van der Waals surface area (Å²) in [4.78, 5) is 31.7. The number of rotatable bonds is 6. The summed E-state index contributed by atoms with van der Waals surface area (Å²) in [6, 6.07) is 22.4. The first-order chi connectivity index (χ1) is 16.6. The van der Waals surface area contributed by atoms with Crippen LogP contribution in [0.15, 0.2) is 77.8 Å². The fraction of sp³-hybridized carbons (Fsp3) is 0.222. The molecule has 1 amide bonds. The van der Waals surface area contributed by atoms with Crippen molar-refractivity contribution >= 4 is 29.0 Å². The summed E-state index contributed by atoms with van der Waals surface area (Å²) >= 11 is 0. The monoisotopic (exact) mass is 455 g/mol. The summed E-state index contributed by atoms with van der Waals surface area (Å²) in [7, 11) is 0. The second-order valence-corrected chi connectivity index (χ2v) is 8.45. The van der Waals surface area contributed by atoms with E-state index in [2.05, 4.69) is 22.3 Å². The molecule has 1 atom stereocenters. The van der Waals surface area contributed by atoms with E-state index in [0.717, 1.165) is 49.7 Å². The van der Waals surface area contributed by atoms with Crippen LogP contribution in [-0.2, 0) is 16.1 Å². The first-order valence-corrected chi connectivity index (χ1v) is 11.3. The largest absolute Gasteiger partial charge is 0.478 e. The molecule has 7 nitrogen and oxygen atoms in total. The molecule has 1 unspecified atom stereocenters. The molecule has 0 aromatic heterocycles. The fourth-order valence-electron chi connectivity index (χ4n) is 4.40. The number of fused-ring (bicyclic) bond motifs is 1. The number of carboxylic acid groups (broad SMARTS) is 1. The van der Waals surface area contributed by atoms with Crippen molar-refractivity contribution in [2.75, 3.05) is 31.6 Å². The number of aromatic carboxylic acids is 1. The van der Waals surface area contributed by atoms with E-state index in [1.54, 1.807) is 6.07 Å². The summed E-state index contributed by atoms with van der Waals surface area (Å²) in [6.07, 6.45) is 0. The average molecular weight is 456 g/mol. The molecule has 2 N–H and O–H groups in total. The molecule has 2 aliphatic rings. The Morgan fingerprint density at radius 1 is 1.00 bits per heavy atom. The van der Waals surface area contributed by atoms with Crippen LogP contribution >= 0.6 is 0 Å². The number of carboxylic acids is 1. The van der Waals surface area contributed by atoms with Crippen LogP contribution < -0.4 is 5.32 Å². The third-order valence-corrected chi connectivity index (χ3v) is 6.17. The van der Waals surface area contributed by atoms with Gasteiger partial charge in [-0.1, -0.05) is 48.5 Å². The first kappa shape index (κ1) is 22.0. The van der Waals surface area contributed by atoms with Gasteiger partial charge in [0, 0.05) is 25.3 Å². The molecule has 0 aliphatic carbocycles. The van der Waals surface area contributed by atoms with Gasteiger partial charge in [-0.15, -0.1) is 0 Å². The van der Waals surface area contributed by atoms with Crippen LogP contribution in [-0.4, -0.2) is 53.9 Å². The SMILES string of the molecule is O=C(O)c1ccc2c(c1)NC(=O)C2C(=Nc1ccc(CN2CCOCC2)cc1)c1ccccc1. The molecule has 34 heavy (non-hydrogen) atoms. The second kappa shape index (κ2) is 9.59. The fourth-order valence-corrected chi connectivity index (χ4v) is 4.40. The van der Waals surface area contributed by atoms with Crippen molar-refractivity contribution in [3.05, 3.63) is 95.1 Å². The topological polar surface area (TPSA) is 91.2 Å². The van der Waals surface area contributed by atoms with Gasteiger partial charge in [-0.2, -0.15) is 0 Å². The number of hydrogen-bond acceptors (Lipinski definition) is 5. The standard InChI is InChI=1S/C27H25N3O4/c31-26-24(22-11-8-20(27(32)33)16-23(22)29-26)25(19-4-2-1-3-5-19)28-21-9-6-18(7-10-21)17-30-12-14-34-15-13-30/h1-11,16,24H,12-15,17H2,(H,29,31)(H,32,33). The minimum atomic E-state index is -1.03. The molecule has 0 spiro atoms. The maximum absolute atomic E-state index is 13.0. The van der Waals surface area contributed by atoms with E-state index < -0.39 is 11.9 Å². The molecule has 0 saturated carbocycles. The highest BCUT2D eigenvalue weighted by molar-refractivity contribution is 6.24. The number of ether oxygens (including phenoxy) is 1. The number of hydrogen-bond donors (Lipinski definition) is 2. The van der Waals surface area contributed by atoms with Gasteiger partial charge in [-0.05, 0) is 41.0 Å². The number of morpholine rings is 1. The molecule has 0 bridgehead atoms. The molecular formula is C27H25N3O4. The minimum Gasteiger partial charge on any atom is -0.478 e. The van der Waals surface area contributed by atoms with Gasteiger partial charge in [0.1, 0.15) is 5.92 Å². The number of anilines is 1. The zero-order valence-electron chi connectivity index (χ0n) is 18.6. The molecule has 1 saturated heterocycles. The Morgan fingerprint density at radius 3 is 2.44 bits per heavy atom. The lowest BCUT2D eigenvalue weighted by atomic mass is 9.90. The number of carbonyl (C=O) groups is 2. The van der Waals surface area contributed by atoms with E-state index in [1.807, 2.05) is 42.5 Å². The predicted octanol–water partition coefficient (Wildman–Crippen LogP) is 4.07. The Morgan fingerprint density at radius 2 is 1.74 bits per heavy atom. The van der Waals surface area contributed by atoms with Crippen LogP contribution in [0.3, 0.4) is 0 Å². The Labute approximate surface area is 197 Å². The van der Waals surface area contributed by atoms with Gasteiger partial charge in [0.2, 0.25) is 5.91 Å². The molecule has 3 aromatic carbocycles. The zero-order chi connectivity index (χ0) is 23.5. The minimum absolute atomic E-state index is 0.133.